The summed E-state index contributed by atoms with van der Waals surface area (Å²) in [6, 6.07) is 12.3. The second kappa shape index (κ2) is 8.98. The summed E-state index contributed by atoms with van der Waals surface area (Å²) in [6.07, 6.45) is -1.03. The average molecular weight is 369 g/mol. The Morgan fingerprint density at radius 2 is 1.78 bits per heavy atom. The van der Waals surface area contributed by atoms with E-state index in [2.05, 4.69) is 5.32 Å². The normalized spacial score (nSPS) is 11.4. The number of ketones is 1. The third kappa shape index (κ3) is 5.67. The summed E-state index contributed by atoms with van der Waals surface area (Å²) >= 11 is 0. The van der Waals surface area contributed by atoms with Crippen LogP contribution in [-0.2, 0) is 14.3 Å². The Labute approximate surface area is 158 Å². The van der Waals surface area contributed by atoms with Crippen molar-refractivity contribution in [1.82, 2.24) is 0 Å². The highest BCUT2D eigenvalue weighted by atomic mass is 16.6. The molecule has 2 aromatic carbocycles. The Morgan fingerprint density at radius 1 is 1.07 bits per heavy atom. The van der Waals surface area contributed by atoms with Gasteiger partial charge in [0, 0.05) is 5.56 Å². The summed E-state index contributed by atoms with van der Waals surface area (Å²) < 4.78 is 10.6. The van der Waals surface area contributed by atoms with Crippen molar-refractivity contribution < 1.29 is 23.9 Å². The van der Waals surface area contributed by atoms with E-state index in [4.69, 9.17) is 9.47 Å². The topological polar surface area (TPSA) is 81.7 Å². The van der Waals surface area contributed by atoms with E-state index in [1.807, 2.05) is 32.0 Å². The fourth-order valence-electron chi connectivity index (χ4n) is 2.42. The second-order valence-corrected chi connectivity index (χ2v) is 6.28. The van der Waals surface area contributed by atoms with Gasteiger partial charge in [0.15, 0.2) is 18.5 Å². The third-order valence-corrected chi connectivity index (χ3v) is 3.93. The van der Waals surface area contributed by atoms with Gasteiger partial charge in [-0.15, -0.1) is 0 Å². The molecule has 0 aliphatic heterocycles. The van der Waals surface area contributed by atoms with Gasteiger partial charge in [-0.1, -0.05) is 24.3 Å². The number of carbonyl (C=O) groups is 3. The highest BCUT2D eigenvalue weighted by Crippen LogP contribution is 2.19. The number of benzene rings is 2. The summed E-state index contributed by atoms with van der Waals surface area (Å²) in [7, 11) is 0. The van der Waals surface area contributed by atoms with Crippen LogP contribution < -0.4 is 10.1 Å². The maximum Gasteiger partial charge on any atom is 0.344 e. The van der Waals surface area contributed by atoms with Gasteiger partial charge < -0.3 is 14.8 Å². The van der Waals surface area contributed by atoms with Crippen LogP contribution in [0.2, 0.25) is 0 Å². The van der Waals surface area contributed by atoms with Gasteiger partial charge in [-0.05, 0) is 57.0 Å². The lowest BCUT2D eigenvalue weighted by Gasteiger charge is -2.15. The van der Waals surface area contributed by atoms with Crippen molar-refractivity contribution >= 4 is 23.3 Å². The molecule has 6 heteroatoms. The van der Waals surface area contributed by atoms with Crippen LogP contribution in [0.5, 0.6) is 5.75 Å². The third-order valence-electron chi connectivity index (χ3n) is 3.93. The van der Waals surface area contributed by atoms with Gasteiger partial charge in [-0.3, -0.25) is 9.59 Å². The minimum Gasteiger partial charge on any atom is -0.482 e. The molecule has 0 aliphatic rings. The van der Waals surface area contributed by atoms with Gasteiger partial charge in [0.2, 0.25) is 0 Å². The Bertz CT molecular complexity index is 859. The first-order valence-corrected chi connectivity index (χ1v) is 8.58. The van der Waals surface area contributed by atoms with Crippen molar-refractivity contribution in [2.45, 2.75) is 33.8 Å². The Hall–Kier alpha value is -3.15. The summed E-state index contributed by atoms with van der Waals surface area (Å²) in [5, 5.41) is 2.61. The van der Waals surface area contributed by atoms with Crippen molar-refractivity contribution in [3.63, 3.8) is 0 Å². The van der Waals surface area contributed by atoms with E-state index >= 15 is 0 Å². The first kappa shape index (κ1) is 20.2. The number of nitrogens with one attached hydrogen (secondary N) is 1. The molecule has 0 fully saturated rings. The zero-order valence-electron chi connectivity index (χ0n) is 15.9. The van der Waals surface area contributed by atoms with Crippen LogP contribution in [0.1, 0.15) is 35.3 Å². The molecule has 0 radical (unpaired) electrons. The number of rotatable bonds is 7. The van der Waals surface area contributed by atoms with Crippen molar-refractivity contribution in [2.24, 2.45) is 0 Å². The van der Waals surface area contributed by atoms with E-state index in [1.54, 1.807) is 24.3 Å². The van der Waals surface area contributed by atoms with Crippen LogP contribution >= 0.6 is 0 Å². The summed E-state index contributed by atoms with van der Waals surface area (Å²) in [4.78, 5) is 35.8. The fourth-order valence-corrected chi connectivity index (χ4v) is 2.42. The van der Waals surface area contributed by atoms with Crippen LogP contribution in [0.4, 0.5) is 5.69 Å². The minimum absolute atomic E-state index is 0.169. The molecule has 0 aromatic heterocycles. The Morgan fingerprint density at radius 3 is 2.48 bits per heavy atom. The number of amides is 1. The van der Waals surface area contributed by atoms with Crippen LogP contribution in [0.25, 0.3) is 0 Å². The molecule has 6 nitrogen and oxygen atoms in total. The van der Waals surface area contributed by atoms with E-state index in [-0.39, 0.29) is 12.4 Å². The number of carbonyl (C=O) groups excluding carboxylic acids is 3. The Kier molecular flexibility index (Phi) is 6.71. The van der Waals surface area contributed by atoms with E-state index in [9.17, 15) is 14.4 Å². The van der Waals surface area contributed by atoms with Crippen molar-refractivity contribution in [3.8, 4) is 5.75 Å². The van der Waals surface area contributed by atoms with E-state index in [1.165, 1.54) is 13.8 Å². The highest BCUT2D eigenvalue weighted by molar-refractivity contribution is 6.04. The molecule has 1 N–H and O–H groups in total. The second-order valence-electron chi connectivity index (χ2n) is 6.28. The van der Waals surface area contributed by atoms with Crippen LogP contribution in [-0.4, -0.2) is 30.4 Å². The van der Waals surface area contributed by atoms with Crippen LogP contribution in [0, 0.1) is 13.8 Å². The van der Waals surface area contributed by atoms with Crippen molar-refractivity contribution in [1.29, 1.82) is 0 Å². The fraction of sp³-hybridized carbons (Fsp3) is 0.286. The number of Topliss-reactive ketones (excluding diaryl/α,β-unsaturated/α-hetero) is 1. The lowest BCUT2D eigenvalue weighted by molar-refractivity contribution is -0.155. The number of anilines is 1. The van der Waals surface area contributed by atoms with Gasteiger partial charge in [-0.25, -0.2) is 4.79 Å². The molecule has 1 atom stereocenters. The SMILES string of the molecule is CC(=O)c1ccccc1NC(=O)C(C)OC(=O)COc1cc(C)ccc1C. The van der Waals surface area contributed by atoms with E-state index < -0.39 is 18.0 Å². The monoisotopic (exact) mass is 369 g/mol. The smallest absolute Gasteiger partial charge is 0.344 e. The maximum absolute atomic E-state index is 12.3. The number of hydrogen-bond donors (Lipinski definition) is 1. The molecule has 0 spiro atoms. The molecule has 0 saturated heterocycles. The number of esters is 1. The zero-order valence-corrected chi connectivity index (χ0v) is 15.9. The van der Waals surface area contributed by atoms with Crippen molar-refractivity contribution in [3.05, 3.63) is 59.2 Å². The number of ether oxygens (including phenoxy) is 2. The van der Waals surface area contributed by atoms with Crippen LogP contribution in [0.15, 0.2) is 42.5 Å². The molecule has 142 valence electrons. The average Bonchev–Trinajstić information content (AvgIpc) is 2.62. The number of aryl methyl sites for hydroxylation is 2. The predicted octanol–water partition coefficient (Wildman–Crippen LogP) is 3.46. The molecule has 2 aromatic rings. The highest BCUT2D eigenvalue weighted by Gasteiger charge is 2.20. The minimum atomic E-state index is -1.03. The molecular formula is C21H23NO5. The van der Waals surface area contributed by atoms with Gasteiger partial charge in [0.05, 0.1) is 5.69 Å². The van der Waals surface area contributed by atoms with Gasteiger partial charge in [-0.2, -0.15) is 0 Å². The summed E-state index contributed by atoms with van der Waals surface area (Å²) in [6.45, 7) is 6.38. The molecule has 2 rings (SSSR count). The molecular weight excluding hydrogens is 346 g/mol. The number of hydrogen-bond acceptors (Lipinski definition) is 5. The lowest BCUT2D eigenvalue weighted by Crippen LogP contribution is -2.32. The van der Waals surface area contributed by atoms with Gasteiger partial charge in [0.25, 0.3) is 5.91 Å². The van der Waals surface area contributed by atoms with Crippen molar-refractivity contribution in [2.75, 3.05) is 11.9 Å². The molecule has 27 heavy (non-hydrogen) atoms. The first-order valence-electron chi connectivity index (χ1n) is 8.58. The largest absolute Gasteiger partial charge is 0.482 e. The number of para-hydroxylation sites is 1. The zero-order chi connectivity index (χ0) is 20.0. The molecule has 0 saturated carbocycles. The van der Waals surface area contributed by atoms with Crippen LogP contribution in [0.3, 0.4) is 0 Å². The van der Waals surface area contributed by atoms with E-state index in [0.717, 1.165) is 11.1 Å². The summed E-state index contributed by atoms with van der Waals surface area (Å²) in [5.41, 5.74) is 2.69. The molecule has 0 aliphatic carbocycles. The molecule has 1 unspecified atom stereocenters. The van der Waals surface area contributed by atoms with Gasteiger partial charge >= 0.3 is 5.97 Å². The van der Waals surface area contributed by atoms with Gasteiger partial charge in [0.1, 0.15) is 5.75 Å². The predicted molar refractivity (Wildman–Crippen MR) is 102 cm³/mol. The molecule has 1 amide bonds. The van der Waals surface area contributed by atoms with E-state index in [0.29, 0.717) is 17.0 Å². The standard InChI is InChI=1S/C21H23NO5/c1-13-9-10-14(2)19(11-13)26-12-20(24)27-16(4)21(25)22-18-8-6-5-7-17(18)15(3)23/h5-11,16H,12H2,1-4H3,(H,22,25). The molecule has 0 heterocycles. The maximum atomic E-state index is 12.3. The lowest BCUT2D eigenvalue weighted by atomic mass is 10.1. The quantitative estimate of drug-likeness (QED) is 0.597. The summed E-state index contributed by atoms with van der Waals surface area (Å²) in [5.74, 6) is -0.751. The Balaban J connectivity index is 1.91. The molecule has 0 bridgehead atoms. The first-order chi connectivity index (χ1) is 12.8.